The first kappa shape index (κ1) is 7.10. The van der Waals surface area contributed by atoms with Gasteiger partial charge in [-0.15, -0.1) is 0 Å². The van der Waals surface area contributed by atoms with E-state index in [-0.39, 0.29) is 0 Å². The summed E-state index contributed by atoms with van der Waals surface area (Å²) in [6, 6.07) is 7.83. The molecule has 59 valence electrons. The zero-order valence-corrected chi connectivity index (χ0v) is 6.53. The average Bonchev–Trinajstić information content (AvgIpc) is 2.17. The molecule has 0 N–H and O–H groups in total. The number of para-hydroxylation sites is 1. The maximum atomic E-state index is 10.5. The van der Waals surface area contributed by atoms with Crippen molar-refractivity contribution < 1.29 is 4.79 Å². The predicted molar refractivity (Wildman–Crippen MR) is 47.5 cm³/mol. The number of benzene rings is 1. The van der Waals surface area contributed by atoms with Gasteiger partial charge in [0.2, 0.25) is 0 Å². The molecule has 0 saturated carbocycles. The zero-order valence-electron chi connectivity index (χ0n) is 6.53. The molecule has 0 bridgehead atoms. The number of hydrogen-bond donors (Lipinski definition) is 0. The van der Waals surface area contributed by atoms with Crippen LogP contribution >= 0.6 is 0 Å². The lowest BCUT2D eigenvalue weighted by molar-refractivity contribution is 0.555. The van der Waals surface area contributed by atoms with Crippen LogP contribution in [0.1, 0.15) is 5.56 Å². The van der Waals surface area contributed by atoms with Crippen molar-refractivity contribution in [3.05, 3.63) is 42.1 Å². The molecule has 1 aliphatic heterocycles. The summed E-state index contributed by atoms with van der Waals surface area (Å²) in [5.41, 5.74) is 2.11. The van der Waals surface area contributed by atoms with Crippen molar-refractivity contribution >= 4 is 12.1 Å². The van der Waals surface area contributed by atoms with E-state index >= 15 is 0 Å². The fourth-order valence-corrected chi connectivity index (χ4v) is 1.36. The minimum Gasteiger partial charge on any atom is -0.280 e. The van der Waals surface area contributed by atoms with Crippen LogP contribution in [-0.2, 0) is 11.2 Å². The predicted octanol–water partition coefficient (Wildman–Crippen LogP) is 1.63. The SMILES string of the molecule is O=[C]N1C=CCc2ccccc21. The molecule has 0 spiro atoms. The molecular formula is C10H8NO. The second-order valence-corrected chi connectivity index (χ2v) is 2.68. The van der Waals surface area contributed by atoms with Gasteiger partial charge >= 0.3 is 6.41 Å². The molecular weight excluding hydrogens is 150 g/mol. The van der Waals surface area contributed by atoms with Gasteiger partial charge in [-0.05, 0) is 18.1 Å². The fourth-order valence-electron chi connectivity index (χ4n) is 1.36. The maximum Gasteiger partial charge on any atom is 0.321 e. The van der Waals surface area contributed by atoms with Gasteiger partial charge in [-0.2, -0.15) is 0 Å². The molecule has 1 aromatic rings. The fraction of sp³-hybridized carbons (Fsp3) is 0.100. The number of carbonyl (C=O) groups excluding carboxylic acids is 1. The van der Waals surface area contributed by atoms with Gasteiger partial charge in [-0.25, -0.2) is 0 Å². The van der Waals surface area contributed by atoms with Crippen molar-refractivity contribution in [2.45, 2.75) is 6.42 Å². The van der Waals surface area contributed by atoms with Gasteiger partial charge in [0.05, 0.1) is 5.69 Å². The maximum absolute atomic E-state index is 10.5. The molecule has 0 saturated heterocycles. The highest BCUT2D eigenvalue weighted by Crippen LogP contribution is 2.23. The van der Waals surface area contributed by atoms with Gasteiger partial charge in [-0.3, -0.25) is 9.69 Å². The molecule has 0 fully saturated rings. The van der Waals surface area contributed by atoms with Gasteiger partial charge in [0.1, 0.15) is 0 Å². The van der Waals surface area contributed by atoms with Gasteiger partial charge in [0, 0.05) is 6.20 Å². The van der Waals surface area contributed by atoms with Crippen LogP contribution in [0.2, 0.25) is 0 Å². The highest BCUT2D eigenvalue weighted by molar-refractivity contribution is 5.81. The van der Waals surface area contributed by atoms with Crippen LogP contribution in [0, 0.1) is 0 Å². The van der Waals surface area contributed by atoms with Gasteiger partial charge < -0.3 is 0 Å². The van der Waals surface area contributed by atoms with Gasteiger partial charge in [-0.1, -0.05) is 24.3 Å². The Hall–Kier alpha value is -1.57. The van der Waals surface area contributed by atoms with E-state index in [2.05, 4.69) is 0 Å². The smallest absolute Gasteiger partial charge is 0.280 e. The molecule has 1 amide bonds. The van der Waals surface area contributed by atoms with Gasteiger partial charge in [0.15, 0.2) is 0 Å². The second-order valence-electron chi connectivity index (χ2n) is 2.68. The normalized spacial score (nSPS) is 14.2. The quantitative estimate of drug-likeness (QED) is 0.608. The molecule has 2 rings (SSSR count). The molecule has 0 unspecified atom stereocenters. The van der Waals surface area contributed by atoms with Crippen LogP contribution in [0.4, 0.5) is 5.69 Å². The van der Waals surface area contributed by atoms with Crippen LogP contribution in [0.25, 0.3) is 0 Å². The third-order valence-corrected chi connectivity index (χ3v) is 1.94. The Balaban J connectivity index is 2.49. The lowest BCUT2D eigenvalue weighted by atomic mass is 10.1. The topological polar surface area (TPSA) is 20.3 Å². The van der Waals surface area contributed by atoms with Crippen LogP contribution < -0.4 is 4.90 Å². The van der Waals surface area contributed by atoms with E-state index in [1.54, 1.807) is 6.20 Å². The molecule has 2 nitrogen and oxygen atoms in total. The molecule has 0 aliphatic carbocycles. The van der Waals surface area contributed by atoms with E-state index in [0.717, 1.165) is 12.1 Å². The van der Waals surface area contributed by atoms with Crippen molar-refractivity contribution in [3.63, 3.8) is 0 Å². The molecule has 1 aliphatic rings. The number of fused-ring (bicyclic) bond motifs is 1. The first-order valence-electron chi connectivity index (χ1n) is 3.83. The summed E-state index contributed by atoms with van der Waals surface area (Å²) in [5.74, 6) is 0. The first-order chi connectivity index (χ1) is 5.92. The number of amides is 1. The Bertz CT molecular complexity index is 330. The van der Waals surface area contributed by atoms with E-state index in [0.29, 0.717) is 0 Å². The number of nitrogens with zero attached hydrogens (tertiary/aromatic N) is 1. The Kier molecular flexibility index (Phi) is 1.67. The summed E-state index contributed by atoms with van der Waals surface area (Å²) < 4.78 is 0. The van der Waals surface area contributed by atoms with Crippen LogP contribution in [0.3, 0.4) is 0 Å². The minimum absolute atomic E-state index is 0.897. The molecule has 1 heterocycles. The van der Waals surface area contributed by atoms with E-state index in [4.69, 9.17) is 0 Å². The minimum atomic E-state index is 0.897. The largest absolute Gasteiger partial charge is 0.321 e. The van der Waals surface area contributed by atoms with Crippen LogP contribution in [-0.4, -0.2) is 6.41 Å². The van der Waals surface area contributed by atoms with E-state index in [9.17, 15) is 4.79 Å². The van der Waals surface area contributed by atoms with Crippen molar-refractivity contribution in [1.29, 1.82) is 0 Å². The molecule has 0 atom stereocenters. The van der Waals surface area contributed by atoms with Crippen LogP contribution in [0.15, 0.2) is 36.5 Å². The molecule has 1 radical (unpaired) electrons. The Labute approximate surface area is 71.1 Å². The monoisotopic (exact) mass is 158 g/mol. The second kappa shape index (κ2) is 2.81. The summed E-state index contributed by atoms with van der Waals surface area (Å²) >= 11 is 0. The van der Waals surface area contributed by atoms with Crippen molar-refractivity contribution in [2.24, 2.45) is 0 Å². The molecule has 12 heavy (non-hydrogen) atoms. The molecule has 1 aromatic carbocycles. The standard InChI is InChI=1S/C10H8NO/c12-8-11-7-3-5-9-4-1-2-6-10(9)11/h1-4,6-7H,5H2. The third-order valence-electron chi connectivity index (χ3n) is 1.94. The van der Waals surface area contributed by atoms with Crippen molar-refractivity contribution in [1.82, 2.24) is 0 Å². The first-order valence-corrected chi connectivity index (χ1v) is 3.83. The number of anilines is 1. The summed E-state index contributed by atoms with van der Waals surface area (Å²) in [7, 11) is 0. The Morgan fingerprint density at radius 1 is 1.33 bits per heavy atom. The van der Waals surface area contributed by atoms with E-state index in [1.165, 1.54) is 10.5 Å². The highest BCUT2D eigenvalue weighted by Gasteiger charge is 2.10. The Morgan fingerprint density at radius 3 is 3.00 bits per heavy atom. The third kappa shape index (κ3) is 1.01. The van der Waals surface area contributed by atoms with E-state index < -0.39 is 0 Å². The summed E-state index contributed by atoms with van der Waals surface area (Å²) in [6.07, 6.45) is 6.45. The lowest BCUT2D eigenvalue weighted by Gasteiger charge is -2.18. The summed E-state index contributed by atoms with van der Waals surface area (Å²) in [4.78, 5) is 11.9. The van der Waals surface area contributed by atoms with Crippen molar-refractivity contribution in [2.75, 3.05) is 4.90 Å². The Morgan fingerprint density at radius 2 is 2.17 bits per heavy atom. The van der Waals surface area contributed by atoms with Gasteiger partial charge in [0.25, 0.3) is 0 Å². The molecule has 0 aromatic heterocycles. The van der Waals surface area contributed by atoms with Crippen LogP contribution in [0.5, 0.6) is 0 Å². The number of hydrogen-bond acceptors (Lipinski definition) is 1. The zero-order chi connectivity index (χ0) is 8.39. The number of rotatable bonds is 1. The summed E-state index contributed by atoms with van der Waals surface area (Å²) in [5, 5.41) is 0. The molecule has 2 heteroatoms. The van der Waals surface area contributed by atoms with Crippen molar-refractivity contribution in [3.8, 4) is 0 Å². The number of allylic oxidation sites excluding steroid dienone is 1. The average molecular weight is 158 g/mol. The summed E-state index contributed by atoms with van der Waals surface area (Å²) in [6.45, 7) is 0. The highest BCUT2D eigenvalue weighted by atomic mass is 16.1. The lowest BCUT2D eigenvalue weighted by Crippen LogP contribution is -2.17. The van der Waals surface area contributed by atoms with E-state index in [1.807, 2.05) is 36.8 Å².